The summed E-state index contributed by atoms with van der Waals surface area (Å²) in [4.78, 5) is 35.7. The molecule has 0 amide bonds. The van der Waals surface area contributed by atoms with Crippen molar-refractivity contribution in [2.45, 2.75) is 44.7 Å². The number of rotatable bonds is 6. The van der Waals surface area contributed by atoms with E-state index in [-0.39, 0.29) is 37.3 Å². The van der Waals surface area contributed by atoms with E-state index in [9.17, 15) is 22.8 Å². The summed E-state index contributed by atoms with van der Waals surface area (Å²) in [5.41, 5.74) is -1.16. The van der Waals surface area contributed by atoms with Crippen molar-refractivity contribution < 1.29 is 18.0 Å². The summed E-state index contributed by atoms with van der Waals surface area (Å²) in [5, 5.41) is 0.306. The maximum atomic E-state index is 13.7. The number of benzene rings is 2. The van der Waals surface area contributed by atoms with Crippen LogP contribution in [0.25, 0.3) is 22.8 Å². The Balaban J connectivity index is 1.60. The Morgan fingerprint density at radius 1 is 1.06 bits per heavy atom. The van der Waals surface area contributed by atoms with Gasteiger partial charge in [0.1, 0.15) is 17.0 Å². The molecule has 172 valence electrons. The largest absolute Gasteiger partial charge is 0.401 e. The molecule has 0 aliphatic heterocycles. The highest BCUT2D eigenvalue weighted by atomic mass is 35.5. The maximum Gasteiger partial charge on any atom is 0.401 e. The number of halogens is 4. The van der Waals surface area contributed by atoms with Gasteiger partial charge in [-0.25, -0.2) is 9.78 Å². The lowest BCUT2D eigenvalue weighted by Gasteiger charge is -2.30. The van der Waals surface area contributed by atoms with Gasteiger partial charge in [-0.3, -0.25) is 9.78 Å². The first kappa shape index (κ1) is 23.2. The molecule has 0 bridgehead atoms. The summed E-state index contributed by atoms with van der Waals surface area (Å²) in [5.74, 6) is -0.361. The third-order valence-corrected chi connectivity index (χ3v) is 6.47. The number of Topliss-reactive ketones (excluding diaryl/α,β-unsaturated/α-hetero) is 1. The van der Waals surface area contributed by atoms with Crippen LogP contribution >= 0.6 is 11.6 Å². The first-order valence-corrected chi connectivity index (χ1v) is 11.0. The van der Waals surface area contributed by atoms with Crippen molar-refractivity contribution in [2.75, 3.05) is 0 Å². The predicted octanol–water partition coefficient (Wildman–Crippen LogP) is 5.78. The predicted molar refractivity (Wildman–Crippen MR) is 119 cm³/mol. The molecule has 0 radical (unpaired) electrons. The van der Waals surface area contributed by atoms with Crippen LogP contribution in [0, 0.1) is 5.41 Å². The fourth-order valence-corrected chi connectivity index (χ4v) is 4.54. The average molecular weight is 476 g/mol. The number of aromatic nitrogens is 3. The first-order valence-electron chi connectivity index (χ1n) is 10.6. The van der Waals surface area contributed by atoms with Crippen LogP contribution in [0.4, 0.5) is 13.2 Å². The molecule has 1 aliphatic carbocycles. The van der Waals surface area contributed by atoms with E-state index in [0.29, 0.717) is 34.6 Å². The molecule has 1 aliphatic rings. The molecule has 4 rings (SSSR count). The summed E-state index contributed by atoms with van der Waals surface area (Å²) in [6, 6.07) is 13.8. The highest BCUT2D eigenvalue weighted by molar-refractivity contribution is 6.33. The van der Waals surface area contributed by atoms with Gasteiger partial charge in [-0.2, -0.15) is 18.2 Å². The lowest BCUT2D eigenvalue weighted by Crippen LogP contribution is -2.42. The van der Waals surface area contributed by atoms with Crippen molar-refractivity contribution in [3.8, 4) is 22.8 Å². The van der Waals surface area contributed by atoms with Crippen LogP contribution in [0.15, 0.2) is 53.3 Å². The van der Waals surface area contributed by atoms with Crippen LogP contribution in [0.5, 0.6) is 0 Å². The molecular weight excluding hydrogens is 455 g/mol. The van der Waals surface area contributed by atoms with Crippen molar-refractivity contribution in [3.63, 3.8) is 0 Å². The summed E-state index contributed by atoms with van der Waals surface area (Å²) in [7, 11) is 0. The Morgan fingerprint density at radius 3 is 2.42 bits per heavy atom. The molecule has 1 heterocycles. The van der Waals surface area contributed by atoms with E-state index >= 15 is 0 Å². The number of nitrogens with one attached hydrogen (secondary N) is 1. The number of carbonyl (C=O) groups is 1. The van der Waals surface area contributed by atoms with Crippen molar-refractivity contribution in [1.82, 2.24) is 15.0 Å². The zero-order chi connectivity index (χ0) is 23.6. The van der Waals surface area contributed by atoms with E-state index in [2.05, 4.69) is 15.0 Å². The maximum absolute atomic E-state index is 13.7. The van der Waals surface area contributed by atoms with Gasteiger partial charge < -0.3 is 0 Å². The molecule has 33 heavy (non-hydrogen) atoms. The summed E-state index contributed by atoms with van der Waals surface area (Å²) in [6.07, 6.45) is -4.13. The molecule has 1 saturated carbocycles. The third-order valence-electron chi connectivity index (χ3n) is 6.14. The number of aromatic amines is 1. The molecular formula is C24H21ClF3N3O2. The Morgan fingerprint density at radius 2 is 1.76 bits per heavy atom. The topological polar surface area (TPSA) is 75.7 Å². The highest BCUT2D eigenvalue weighted by Crippen LogP contribution is 2.51. The number of carbonyl (C=O) groups excluding carboxylic acids is 1. The van der Waals surface area contributed by atoms with E-state index in [1.54, 1.807) is 42.5 Å². The Labute approximate surface area is 193 Å². The van der Waals surface area contributed by atoms with Crippen molar-refractivity contribution in [1.29, 1.82) is 0 Å². The number of H-pyrrole nitrogens is 1. The highest BCUT2D eigenvalue weighted by Gasteiger charge is 2.59. The second kappa shape index (κ2) is 9.09. The minimum absolute atomic E-state index is 0.127. The Kier molecular flexibility index (Phi) is 6.38. The molecule has 0 unspecified atom stereocenters. The molecule has 2 aromatic carbocycles. The molecule has 0 spiro atoms. The van der Waals surface area contributed by atoms with E-state index in [1.807, 2.05) is 6.07 Å². The minimum atomic E-state index is -4.54. The molecule has 0 saturated heterocycles. The van der Waals surface area contributed by atoms with Crippen LogP contribution in [0.3, 0.4) is 0 Å². The van der Waals surface area contributed by atoms with Gasteiger partial charge in [0.25, 0.3) is 0 Å². The van der Waals surface area contributed by atoms with Crippen LogP contribution in [-0.4, -0.2) is 26.9 Å². The standard InChI is InChI=1S/C24H21ClF3N3O2/c25-18-10-8-15(9-11-19(32)23(24(26,27)28)12-4-5-13-23)14-17(18)21-29-20(30-22(33)31-21)16-6-2-1-3-7-16/h1-3,6-8,10,14H,4-5,9,11-13H2,(H,29,30,31,33). The third kappa shape index (κ3) is 4.71. The molecule has 3 aromatic rings. The van der Waals surface area contributed by atoms with Gasteiger partial charge in [-0.15, -0.1) is 0 Å². The van der Waals surface area contributed by atoms with Crippen LogP contribution in [0.1, 0.15) is 37.7 Å². The lowest BCUT2D eigenvalue weighted by molar-refractivity contribution is -0.218. The quantitative estimate of drug-likeness (QED) is 0.490. The van der Waals surface area contributed by atoms with E-state index in [1.165, 1.54) is 0 Å². The molecule has 5 nitrogen and oxygen atoms in total. The zero-order valence-corrected chi connectivity index (χ0v) is 18.3. The SMILES string of the molecule is O=C(CCc1ccc(Cl)c(-c2nc(-c3ccccc3)nc(=O)[nH]2)c1)C1(C(F)(F)F)CCCC1. The van der Waals surface area contributed by atoms with Gasteiger partial charge in [-0.1, -0.05) is 60.8 Å². The molecule has 0 atom stereocenters. The van der Waals surface area contributed by atoms with E-state index < -0.39 is 23.1 Å². The summed E-state index contributed by atoms with van der Waals surface area (Å²) < 4.78 is 41.0. The number of nitrogens with zero attached hydrogens (tertiary/aromatic N) is 2. The van der Waals surface area contributed by atoms with Crippen LogP contribution < -0.4 is 5.69 Å². The Hall–Kier alpha value is -3.00. The van der Waals surface area contributed by atoms with Crippen LogP contribution in [-0.2, 0) is 11.2 Å². The molecule has 1 fully saturated rings. The van der Waals surface area contributed by atoms with E-state index in [4.69, 9.17) is 11.6 Å². The second-order valence-corrected chi connectivity index (χ2v) is 8.62. The smallest absolute Gasteiger partial charge is 0.299 e. The van der Waals surface area contributed by atoms with Gasteiger partial charge in [0.2, 0.25) is 0 Å². The van der Waals surface area contributed by atoms with Gasteiger partial charge in [0.05, 0.1) is 5.02 Å². The number of alkyl halides is 3. The number of hydrogen-bond donors (Lipinski definition) is 1. The fourth-order valence-electron chi connectivity index (χ4n) is 4.33. The first-order chi connectivity index (χ1) is 15.7. The van der Waals surface area contributed by atoms with Gasteiger partial charge in [0.15, 0.2) is 5.82 Å². The van der Waals surface area contributed by atoms with Gasteiger partial charge >= 0.3 is 11.9 Å². The second-order valence-electron chi connectivity index (χ2n) is 8.22. The van der Waals surface area contributed by atoms with Crippen molar-refractivity contribution >= 4 is 17.4 Å². The lowest BCUT2D eigenvalue weighted by atomic mass is 9.78. The average Bonchev–Trinajstić information content (AvgIpc) is 3.30. The van der Waals surface area contributed by atoms with Gasteiger partial charge in [-0.05, 0) is 37.0 Å². The zero-order valence-electron chi connectivity index (χ0n) is 17.6. The Bertz CT molecular complexity index is 1220. The fraction of sp³-hybridized carbons (Fsp3) is 0.333. The minimum Gasteiger partial charge on any atom is -0.299 e. The van der Waals surface area contributed by atoms with Crippen LogP contribution in [0.2, 0.25) is 5.02 Å². The van der Waals surface area contributed by atoms with E-state index in [0.717, 1.165) is 0 Å². The normalized spacial score (nSPS) is 15.5. The number of ketones is 1. The van der Waals surface area contributed by atoms with Crippen molar-refractivity contribution in [2.24, 2.45) is 5.41 Å². The number of hydrogen-bond acceptors (Lipinski definition) is 4. The monoisotopic (exact) mass is 475 g/mol. The van der Waals surface area contributed by atoms with Gasteiger partial charge in [0, 0.05) is 17.5 Å². The number of aryl methyl sites for hydroxylation is 1. The summed E-state index contributed by atoms with van der Waals surface area (Å²) in [6.45, 7) is 0. The summed E-state index contributed by atoms with van der Waals surface area (Å²) >= 11 is 6.33. The molecule has 9 heteroatoms. The van der Waals surface area contributed by atoms with Crippen molar-refractivity contribution in [3.05, 3.63) is 69.6 Å². The molecule has 1 aromatic heterocycles. The molecule has 1 N–H and O–H groups in total.